The van der Waals surface area contributed by atoms with Crippen molar-refractivity contribution >= 4 is 12.1 Å². The van der Waals surface area contributed by atoms with Crippen LogP contribution in [0, 0.1) is 0 Å². The normalized spacial score (nSPS) is 10.8. The maximum atomic E-state index is 11.4. The molecule has 0 aliphatic heterocycles. The molecule has 2 heterocycles. The number of hydrogen-bond acceptors (Lipinski definition) is 3. The number of aromatic nitrogens is 1. The van der Waals surface area contributed by atoms with Gasteiger partial charge >= 0.3 is 5.91 Å². The van der Waals surface area contributed by atoms with Gasteiger partial charge in [-0.05, 0) is 24.3 Å². The third-order valence-electron chi connectivity index (χ3n) is 2.09. The zero-order valence-electron chi connectivity index (χ0n) is 8.75. The molecule has 0 saturated heterocycles. The first-order valence-electron chi connectivity index (χ1n) is 4.75. The number of nitrogens with zero attached hydrogens (tertiary/aromatic N) is 2. The fourth-order valence-corrected chi connectivity index (χ4v) is 1.23. The summed E-state index contributed by atoms with van der Waals surface area (Å²) < 4.78 is 6.81. The molecule has 2 rings (SSSR count). The number of nitrogens with one attached hydrogen (secondary N) is 1. The van der Waals surface area contributed by atoms with Crippen LogP contribution in [0.3, 0.4) is 0 Å². The highest BCUT2D eigenvalue weighted by molar-refractivity contribution is 5.92. The van der Waals surface area contributed by atoms with Crippen molar-refractivity contribution < 1.29 is 9.21 Å². The summed E-state index contributed by atoms with van der Waals surface area (Å²) >= 11 is 0. The van der Waals surface area contributed by atoms with E-state index < -0.39 is 0 Å². The average molecular weight is 217 g/mol. The highest BCUT2D eigenvalue weighted by Gasteiger charge is 2.05. The number of hydrogen-bond donors (Lipinski definition) is 1. The Balaban J connectivity index is 1.96. The first kappa shape index (κ1) is 10.2. The van der Waals surface area contributed by atoms with Gasteiger partial charge in [-0.15, -0.1) is 0 Å². The molecule has 0 spiro atoms. The van der Waals surface area contributed by atoms with Crippen molar-refractivity contribution in [1.82, 2.24) is 9.99 Å². The molecule has 1 N–H and O–H groups in total. The van der Waals surface area contributed by atoms with Gasteiger partial charge in [0, 0.05) is 13.2 Å². The van der Waals surface area contributed by atoms with Crippen LogP contribution < -0.4 is 5.43 Å². The molecule has 1 amide bonds. The van der Waals surface area contributed by atoms with E-state index in [4.69, 9.17) is 4.42 Å². The van der Waals surface area contributed by atoms with Crippen molar-refractivity contribution in [2.45, 2.75) is 0 Å². The van der Waals surface area contributed by atoms with Crippen LogP contribution in [-0.2, 0) is 7.05 Å². The molecule has 16 heavy (non-hydrogen) atoms. The second-order valence-electron chi connectivity index (χ2n) is 3.22. The maximum absolute atomic E-state index is 11.4. The highest BCUT2D eigenvalue weighted by Crippen LogP contribution is 1.99. The second-order valence-corrected chi connectivity index (χ2v) is 3.22. The molecule has 0 aromatic carbocycles. The SMILES string of the molecule is Cn1cccc1C=NNC(=O)c1ccco1. The molecule has 2 aromatic heterocycles. The van der Waals surface area contributed by atoms with E-state index in [9.17, 15) is 4.79 Å². The van der Waals surface area contributed by atoms with Gasteiger partial charge in [0.1, 0.15) is 0 Å². The zero-order valence-corrected chi connectivity index (χ0v) is 8.75. The van der Waals surface area contributed by atoms with Gasteiger partial charge in [-0.1, -0.05) is 0 Å². The summed E-state index contributed by atoms with van der Waals surface area (Å²) in [6, 6.07) is 7.02. The fourth-order valence-electron chi connectivity index (χ4n) is 1.23. The third kappa shape index (κ3) is 2.20. The summed E-state index contributed by atoms with van der Waals surface area (Å²) in [7, 11) is 1.90. The van der Waals surface area contributed by atoms with Crippen LogP contribution in [0.2, 0.25) is 0 Å². The van der Waals surface area contributed by atoms with Crippen LogP contribution in [0.15, 0.2) is 46.2 Å². The molecule has 5 nitrogen and oxygen atoms in total. The lowest BCUT2D eigenvalue weighted by Crippen LogP contribution is -2.16. The van der Waals surface area contributed by atoms with Gasteiger partial charge in [-0.3, -0.25) is 4.79 Å². The van der Waals surface area contributed by atoms with Gasteiger partial charge in [-0.25, -0.2) is 5.43 Å². The summed E-state index contributed by atoms with van der Waals surface area (Å²) in [4.78, 5) is 11.4. The minimum absolute atomic E-state index is 0.240. The van der Waals surface area contributed by atoms with Crippen LogP contribution in [0.25, 0.3) is 0 Å². The monoisotopic (exact) mass is 217 g/mol. The Hall–Kier alpha value is -2.30. The molecule has 5 heteroatoms. The summed E-state index contributed by atoms with van der Waals surface area (Å²) in [5.41, 5.74) is 3.28. The maximum Gasteiger partial charge on any atom is 0.307 e. The van der Waals surface area contributed by atoms with E-state index in [0.29, 0.717) is 0 Å². The van der Waals surface area contributed by atoms with Gasteiger partial charge in [0.2, 0.25) is 0 Å². The van der Waals surface area contributed by atoms with E-state index in [1.54, 1.807) is 18.3 Å². The van der Waals surface area contributed by atoms with E-state index in [0.717, 1.165) is 5.69 Å². The molecular formula is C11H11N3O2. The Kier molecular flexibility index (Phi) is 2.86. The van der Waals surface area contributed by atoms with E-state index in [1.807, 2.05) is 29.9 Å². The number of rotatable bonds is 3. The van der Waals surface area contributed by atoms with Gasteiger partial charge in [-0.2, -0.15) is 5.10 Å². The van der Waals surface area contributed by atoms with Crippen molar-refractivity contribution in [1.29, 1.82) is 0 Å². The molecule has 0 aliphatic carbocycles. The van der Waals surface area contributed by atoms with Gasteiger partial charge in [0.05, 0.1) is 18.2 Å². The molecule has 82 valence electrons. The Labute approximate surface area is 92.4 Å². The van der Waals surface area contributed by atoms with Crippen LogP contribution in [0.1, 0.15) is 16.2 Å². The van der Waals surface area contributed by atoms with E-state index in [2.05, 4.69) is 10.5 Å². The lowest BCUT2D eigenvalue weighted by Gasteiger charge is -1.96. The first-order valence-corrected chi connectivity index (χ1v) is 4.75. The standard InChI is InChI=1S/C11H11N3O2/c1-14-6-2-4-9(14)8-12-13-11(15)10-5-3-7-16-10/h2-8H,1H3,(H,13,15). The third-order valence-corrected chi connectivity index (χ3v) is 2.09. The summed E-state index contributed by atoms with van der Waals surface area (Å²) in [6.07, 6.45) is 4.91. The number of carbonyl (C=O) groups is 1. The molecule has 0 fully saturated rings. The molecule has 0 unspecified atom stereocenters. The smallest absolute Gasteiger partial charge is 0.307 e. The fraction of sp³-hybridized carbons (Fsp3) is 0.0909. The van der Waals surface area contributed by atoms with Gasteiger partial charge < -0.3 is 8.98 Å². The number of carbonyl (C=O) groups excluding carboxylic acids is 1. The van der Waals surface area contributed by atoms with E-state index in [-0.39, 0.29) is 11.7 Å². The van der Waals surface area contributed by atoms with E-state index in [1.165, 1.54) is 6.26 Å². The van der Waals surface area contributed by atoms with E-state index >= 15 is 0 Å². The molecular weight excluding hydrogens is 206 g/mol. The molecule has 0 saturated carbocycles. The van der Waals surface area contributed by atoms with Crippen LogP contribution in [0.4, 0.5) is 0 Å². The van der Waals surface area contributed by atoms with Crippen molar-refractivity contribution in [3.8, 4) is 0 Å². The summed E-state index contributed by atoms with van der Waals surface area (Å²) in [5, 5.41) is 3.83. The number of aryl methyl sites for hydroxylation is 1. The molecule has 0 atom stereocenters. The van der Waals surface area contributed by atoms with Gasteiger partial charge in [0.25, 0.3) is 0 Å². The zero-order chi connectivity index (χ0) is 11.4. The quantitative estimate of drug-likeness (QED) is 0.623. The molecule has 2 aromatic rings. The molecule has 0 radical (unpaired) electrons. The van der Waals surface area contributed by atoms with Crippen LogP contribution >= 0.6 is 0 Å². The van der Waals surface area contributed by atoms with Crippen molar-refractivity contribution in [3.05, 3.63) is 48.2 Å². The Morgan fingerprint density at radius 2 is 2.38 bits per heavy atom. The molecule has 0 bridgehead atoms. The lowest BCUT2D eigenvalue weighted by molar-refractivity contribution is 0.0927. The summed E-state index contributed by atoms with van der Waals surface area (Å²) in [6.45, 7) is 0. The lowest BCUT2D eigenvalue weighted by atomic mass is 10.4. The second kappa shape index (κ2) is 4.48. The average Bonchev–Trinajstić information content (AvgIpc) is 2.90. The topological polar surface area (TPSA) is 59.5 Å². The predicted octanol–water partition coefficient (Wildman–Crippen LogP) is 1.38. The van der Waals surface area contributed by atoms with Crippen molar-refractivity contribution in [2.75, 3.05) is 0 Å². The summed E-state index contributed by atoms with van der Waals surface area (Å²) in [5.74, 6) is -0.125. The number of hydrazone groups is 1. The van der Waals surface area contributed by atoms with Gasteiger partial charge in [0.15, 0.2) is 5.76 Å². The van der Waals surface area contributed by atoms with Crippen molar-refractivity contribution in [2.24, 2.45) is 12.1 Å². The largest absolute Gasteiger partial charge is 0.459 e. The minimum atomic E-state index is -0.365. The number of amides is 1. The van der Waals surface area contributed by atoms with Crippen LogP contribution in [0.5, 0.6) is 0 Å². The Morgan fingerprint density at radius 3 is 3.00 bits per heavy atom. The molecule has 0 aliphatic rings. The van der Waals surface area contributed by atoms with Crippen molar-refractivity contribution in [3.63, 3.8) is 0 Å². The Morgan fingerprint density at radius 1 is 1.50 bits per heavy atom. The first-order chi connectivity index (χ1) is 7.77. The van der Waals surface area contributed by atoms with Crippen LogP contribution in [-0.4, -0.2) is 16.7 Å². The minimum Gasteiger partial charge on any atom is -0.459 e. The number of furan rings is 1. The Bertz CT molecular complexity index is 497. The highest BCUT2D eigenvalue weighted by atomic mass is 16.3. The predicted molar refractivity (Wildman–Crippen MR) is 59.2 cm³/mol.